The van der Waals surface area contributed by atoms with Crippen LogP contribution in [0.3, 0.4) is 0 Å². The number of ether oxygens (including phenoxy) is 1. The number of halogens is 3. The van der Waals surface area contributed by atoms with Gasteiger partial charge in [0.25, 0.3) is 5.91 Å². The van der Waals surface area contributed by atoms with Gasteiger partial charge in [0.05, 0.1) is 6.04 Å². The molecule has 3 N–H and O–H groups in total. The maximum atomic E-state index is 13.7. The standard InChI is InChI=1S/C21H23F3N2O3/c22-15-10-8-14(9-11-15)21(28)26-18(7-2-1-3-12-25)19(27)13-29-20-16(23)5-4-6-17(20)24/h4-6,8-11,18H,1-3,7,12-13,25H2,(H,26,28)/t18-/m0/s1. The van der Waals surface area contributed by atoms with Gasteiger partial charge in [-0.15, -0.1) is 0 Å². The number of Topliss-reactive ketones (excluding diaryl/α,β-unsaturated/α-hetero) is 1. The summed E-state index contributed by atoms with van der Waals surface area (Å²) in [5.41, 5.74) is 5.64. The summed E-state index contributed by atoms with van der Waals surface area (Å²) in [6.07, 6.45) is 2.46. The summed E-state index contributed by atoms with van der Waals surface area (Å²) in [4.78, 5) is 24.9. The van der Waals surface area contributed by atoms with Crippen molar-refractivity contribution in [3.8, 4) is 5.75 Å². The third kappa shape index (κ3) is 6.90. The van der Waals surface area contributed by atoms with E-state index >= 15 is 0 Å². The molecular formula is C21H23F3N2O3. The number of unbranched alkanes of at least 4 members (excludes halogenated alkanes) is 2. The summed E-state index contributed by atoms with van der Waals surface area (Å²) in [5, 5.41) is 2.59. The first kappa shape index (κ1) is 22.4. The summed E-state index contributed by atoms with van der Waals surface area (Å²) >= 11 is 0. The van der Waals surface area contributed by atoms with E-state index in [1.54, 1.807) is 0 Å². The maximum absolute atomic E-state index is 13.7. The zero-order valence-electron chi connectivity index (χ0n) is 15.8. The van der Waals surface area contributed by atoms with E-state index in [4.69, 9.17) is 10.5 Å². The third-order valence-electron chi connectivity index (χ3n) is 4.28. The predicted octanol–water partition coefficient (Wildman–Crippen LogP) is 3.37. The molecule has 0 unspecified atom stereocenters. The first-order chi connectivity index (χ1) is 13.9. The first-order valence-electron chi connectivity index (χ1n) is 9.28. The third-order valence-corrected chi connectivity index (χ3v) is 4.28. The average molecular weight is 408 g/mol. The lowest BCUT2D eigenvalue weighted by atomic mass is 10.0. The fourth-order valence-corrected chi connectivity index (χ4v) is 2.69. The second-order valence-electron chi connectivity index (χ2n) is 6.48. The van der Waals surface area contributed by atoms with Gasteiger partial charge in [0.1, 0.15) is 12.4 Å². The Balaban J connectivity index is 2.04. The molecule has 8 heteroatoms. The number of amides is 1. The van der Waals surface area contributed by atoms with Crippen molar-refractivity contribution < 1.29 is 27.5 Å². The van der Waals surface area contributed by atoms with Crippen LogP contribution in [0.4, 0.5) is 13.2 Å². The second-order valence-corrected chi connectivity index (χ2v) is 6.48. The lowest BCUT2D eigenvalue weighted by molar-refractivity contribution is -0.123. The molecule has 0 aliphatic heterocycles. The van der Waals surface area contributed by atoms with Gasteiger partial charge in [-0.05, 0) is 55.8 Å². The minimum absolute atomic E-state index is 0.187. The molecule has 156 valence electrons. The Labute approximate surface area is 167 Å². The molecule has 0 aromatic heterocycles. The average Bonchev–Trinajstić information content (AvgIpc) is 2.70. The van der Waals surface area contributed by atoms with Gasteiger partial charge in [-0.25, -0.2) is 13.2 Å². The monoisotopic (exact) mass is 408 g/mol. The molecule has 0 heterocycles. The largest absolute Gasteiger partial charge is 0.480 e. The Hall–Kier alpha value is -2.87. The lowest BCUT2D eigenvalue weighted by Gasteiger charge is -2.18. The topological polar surface area (TPSA) is 81.4 Å². The van der Waals surface area contributed by atoms with Crippen molar-refractivity contribution in [1.29, 1.82) is 0 Å². The van der Waals surface area contributed by atoms with Gasteiger partial charge in [0.2, 0.25) is 0 Å². The summed E-state index contributed by atoms with van der Waals surface area (Å²) in [6.45, 7) is -0.0979. The highest BCUT2D eigenvalue weighted by Crippen LogP contribution is 2.21. The lowest BCUT2D eigenvalue weighted by Crippen LogP contribution is -2.43. The van der Waals surface area contributed by atoms with E-state index in [1.165, 1.54) is 18.2 Å². The van der Waals surface area contributed by atoms with Crippen molar-refractivity contribution in [3.05, 3.63) is 65.5 Å². The van der Waals surface area contributed by atoms with Crippen LogP contribution in [-0.2, 0) is 4.79 Å². The number of ketones is 1. The molecule has 0 spiro atoms. The van der Waals surface area contributed by atoms with Crippen LogP contribution in [-0.4, -0.2) is 30.9 Å². The Morgan fingerprint density at radius 2 is 1.62 bits per heavy atom. The zero-order valence-corrected chi connectivity index (χ0v) is 15.8. The van der Waals surface area contributed by atoms with Crippen LogP contribution in [0.2, 0.25) is 0 Å². The molecule has 1 amide bonds. The zero-order chi connectivity index (χ0) is 21.2. The Kier molecular flexibility index (Phi) is 8.67. The molecule has 0 aliphatic rings. The minimum atomic E-state index is -0.923. The maximum Gasteiger partial charge on any atom is 0.251 e. The quantitative estimate of drug-likeness (QED) is 0.559. The van der Waals surface area contributed by atoms with E-state index in [0.29, 0.717) is 19.4 Å². The molecule has 1 atom stereocenters. The van der Waals surface area contributed by atoms with E-state index in [-0.39, 0.29) is 5.56 Å². The van der Waals surface area contributed by atoms with Crippen molar-refractivity contribution in [2.45, 2.75) is 31.7 Å². The number of hydrogen-bond acceptors (Lipinski definition) is 4. The molecular weight excluding hydrogens is 385 g/mol. The smallest absolute Gasteiger partial charge is 0.251 e. The molecule has 2 aromatic carbocycles. The van der Waals surface area contributed by atoms with Crippen molar-refractivity contribution in [1.82, 2.24) is 5.32 Å². The van der Waals surface area contributed by atoms with Crippen LogP contribution in [0, 0.1) is 17.5 Å². The number of carbonyl (C=O) groups excluding carboxylic acids is 2. The normalized spacial score (nSPS) is 11.7. The highest BCUT2D eigenvalue weighted by atomic mass is 19.1. The number of rotatable bonds is 11. The molecule has 0 saturated carbocycles. The fraction of sp³-hybridized carbons (Fsp3) is 0.333. The fourth-order valence-electron chi connectivity index (χ4n) is 2.69. The Morgan fingerprint density at radius 3 is 2.24 bits per heavy atom. The van der Waals surface area contributed by atoms with Gasteiger partial charge >= 0.3 is 0 Å². The molecule has 0 saturated heterocycles. The number of nitrogens with two attached hydrogens (primary N) is 1. The van der Waals surface area contributed by atoms with Crippen LogP contribution < -0.4 is 15.8 Å². The number of benzene rings is 2. The van der Waals surface area contributed by atoms with Crippen LogP contribution in [0.5, 0.6) is 5.75 Å². The van der Waals surface area contributed by atoms with Gasteiger partial charge < -0.3 is 15.8 Å². The van der Waals surface area contributed by atoms with E-state index < -0.39 is 47.5 Å². The highest BCUT2D eigenvalue weighted by molar-refractivity contribution is 5.98. The second kappa shape index (κ2) is 11.2. The van der Waals surface area contributed by atoms with Gasteiger partial charge in [-0.3, -0.25) is 9.59 Å². The number of para-hydroxylation sites is 1. The molecule has 0 bridgehead atoms. The summed E-state index contributed by atoms with van der Waals surface area (Å²) in [6, 6.07) is 7.17. The molecule has 5 nitrogen and oxygen atoms in total. The summed E-state index contributed by atoms with van der Waals surface area (Å²) in [5.74, 6) is -4.07. The van der Waals surface area contributed by atoms with Crippen molar-refractivity contribution in [2.24, 2.45) is 5.73 Å². The first-order valence-corrected chi connectivity index (χ1v) is 9.28. The van der Waals surface area contributed by atoms with Crippen molar-refractivity contribution in [3.63, 3.8) is 0 Å². The number of carbonyl (C=O) groups is 2. The molecule has 0 aliphatic carbocycles. The van der Waals surface area contributed by atoms with Crippen LogP contribution in [0.25, 0.3) is 0 Å². The highest BCUT2D eigenvalue weighted by Gasteiger charge is 2.23. The minimum Gasteiger partial charge on any atom is -0.480 e. The molecule has 0 radical (unpaired) electrons. The summed E-state index contributed by atoms with van der Waals surface area (Å²) < 4.78 is 45.4. The van der Waals surface area contributed by atoms with E-state index in [2.05, 4.69) is 5.32 Å². The Bertz CT molecular complexity index is 808. The van der Waals surface area contributed by atoms with E-state index in [1.807, 2.05) is 0 Å². The van der Waals surface area contributed by atoms with Crippen molar-refractivity contribution >= 4 is 11.7 Å². The SMILES string of the molecule is NCCCCC[C@H](NC(=O)c1ccc(F)cc1)C(=O)COc1c(F)cccc1F. The van der Waals surface area contributed by atoms with Gasteiger partial charge in [0.15, 0.2) is 23.2 Å². The summed E-state index contributed by atoms with van der Waals surface area (Å²) in [7, 11) is 0. The Morgan fingerprint density at radius 1 is 0.966 bits per heavy atom. The van der Waals surface area contributed by atoms with Crippen LogP contribution in [0.15, 0.2) is 42.5 Å². The number of nitrogens with one attached hydrogen (secondary N) is 1. The van der Waals surface area contributed by atoms with Gasteiger partial charge in [-0.2, -0.15) is 0 Å². The van der Waals surface area contributed by atoms with E-state index in [9.17, 15) is 22.8 Å². The number of hydrogen-bond donors (Lipinski definition) is 2. The van der Waals surface area contributed by atoms with Gasteiger partial charge in [-0.1, -0.05) is 18.9 Å². The van der Waals surface area contributed by atoms with Crippen molar-refractivity contribution in [2.75, 3.05) is 13.2 Å². The molecule has 0 fully saturated rings. The molecule has 2 rings (SSSR count). The van der Waals surface area contributed by atoms with Crippen LogP contribution >= 0.6 is 0 Å². The predicted molar refractivity (Wildman–Crippen MR) is 102 cm³/mol. The molecule has 2 aromatic rings. The van der Waals surface area contributed by atoms with E-state index in [0.717, 1.165) is 37.1 Å². The molecule has 29 heavy (non-hydrogen) atoms. The van der Waals surface area contributed by atoms with Crippen LogP contribution in [0.1, 0.15) is 36.0 Å². The van der Waals surface area contributed by atoms with Gasteiger partial charge in [0, 0.05) is 5.56 Å².